The Labute approximate surface area is 118 Å². The molecular formula is C17H16N2O. The standard InChI is InChI=1S/C17H16N2O/c1-2-18-14-10-7-13(8-11-14)9-12-17-19-15-5-3-4-6-16(15)20-17/h3-12,18H,2H2,1H3/b12-9+. The van der Waals surface area contributed by atoms with E-state index in [2.05, 4.69) is 41.5 Å². The second kappa shape index (κ2) is 5.61. The average molecular weight is 264 g/mol. The maximum absolute atomic E-state index is 5.64. The van der Waals surface area contributed by atoms with E-state index in [9.17, 15) is 0 Å². The van der Waals surface area contributed by atoms with Crippen LogP contribution in [0.2, 0.25) is 0 Å². The number of rotatable bonds is 4. The van der Waals surface area contributed by atoms with Crippen LogP contribution in [0.5, 0.6) is 0 Å². The second-order valence-electron chi connectivity index (χ2n) is 4.51. The maximum Gasteiger partial charge on any atom is 0.220 e. The minimum absolute atomic E-state index is 0.627. The summed E-state index contributed by atoms with van der Waals surface area (Å²) in [4.78, 5) is 4.41. The van der Waals surface area contributed by atoms with E-state index in [-0.39, 0.29) is 0 Å². The van der Waals surface area contributed by atoms with Crippen LogP contribution < -0.4 is 5.32 Å². The Kier molecular flexibility index (Phi) is 3.50. The van der Waals surface area contributed by atoms with Crippen LogP contribution in [0, 0.1) is 0 Å². The van der Waals surface area contributed by atoms with Crippen molar-refractivity contribution in [3.63, 3.8) is 0 Å². The molecule has 0 spiro atoms. The number of anilines is 1. The van der Waals surface area contributed by atoms with Gasteiger partial charge in [0.25, 0.3) is 0 Å². The minimum atomic E-state index is 0.627. The third-order valence-electron chi connectivity index (χ3n) is 3.02. The summed E-state index contributed by atoms with van der Waals surface area (Å²) in [6, 6.07) is 16.0. The van der Waals surface area contributed by atoms with Crippen molar-refractivity contribution in [1.29, 1.82) is 0 Å². The molecule has 0 bridgehead atoms. The van der Waals surface area contributed by atoms with E-state index in [0.29, 0.717) is 5.89 Å². The summed E-state index contributed by atoms with van der Waals surface area (Å²) < 4.78 is 5.64. The van der Waals surface area contributed by atoms with E-state index in [1.807, 2.05) is 36.4 Å². The number of aromatic nitrogens is 1. The molecule has 1 heterocycles. The van der Waals surface area contributed by atoms with Gasteiger partial charge in [-0.25, -0.2) is 4.98 Å². The first-order chi connectivity index (χ1) is 9.85. The van der Waals surface area contributed by atoms with Crippen molar-refractivity contribution in [2.24, 2.45) is 0 Å². The first-order valence-corrected chi connectivity index (χ1v) is 6.73. The smallest absolute Gasteiger partial charge is 0.220 e. The maximum atomic E-state index is 5.64. The third-order valence-corrected chi connectivity index (χ3v) is 3.02. The van der Waals surface area contributed by atoms with Crippen LogP contribution >= 0.6 is 0 Å². The number of fused-ring (bicyclic) bond motifs is 1. The quantitative estimate of drug-likeness (QED) is 0.757. The van der Waals surface area contributed by atoms with Gasteiger partial charge in [0.05, 0.1) is 0 Å². The molecule has 0 atom stereocenters. The highest BCUT2D eigenvalue weighted by atomic mass is 16.3. The highest BCUT2D eigenvalue weighted by Crippen LogP contribution is 2.17. The van der Waals surface area contributed by atoms with Gasteiger partial charge in [-0.2, -0.15) is 0 Å². The fraction of sp³-hybridized carbons (Fsp3) is 0.118. The van der Waals surface area contributed by atoms with Crippen LogP contribution in [0.4, 0.5) is 5.69 Å². The Morgan fingerprint density at radius 2 is 1.85 bits per heavy atom. The van der Waals surface area contributed by atoms with E-state index in [0.717, 1.165) is 28.9 Å². The fourth-order valence-corrected chi connectivity index (χ4v) is 2.05. The Morgan fingerprint density at radius 3 is 2.60 bits per heavy atom. The molecule has 3 heteroatoms. The van der Waals surface area contributed by atoms with Gasteiger partial charge >= 0.3 is 0 Å². The molecule has 3 aromatic rings. The van der Waals surface area contributed by atoms with Crippen molar-refractivity contribution < 1.29 is 4.42 Å². The van der Waals surface area contributed by atoms with Crippen molar-refractivity contribution in [2.75, 3.05) is 11.9 Å². The molecule has 3 nitrogen and oxygen atoms in total. The van der Waals surface area contributed by atoms with Crippen LogP contribution in [0.1, 0.15) is 18.4 Å². The topological polar surface area (TPSA) is 38.1 Å². The van der Waals surface area contributed by atoms with Gasteiger partial charge in [0.15, 0.2) is 5.58 Å². The number of oxazole rings is 1. The van der Waals surface area contributed by atoms with Gasteiger partial charge < -0.3 is 9.73 Å². The van der Waals surface area contributed by atoms with Crippen molar-refractivity contribution in [1.82, 2.24) is 4.98 Å². The van der Waals surface area contributed by atoms with E-state index in [1.54, 1.807) is 0 Å². The molecule has 0 saturated carbocycles. The number of benzene rings is 2. The van der Waals surface area contributed by atoms with Gasteiger partial charge in [-0.3, -0.25) is 0 Å². The SMILES string of the molecule is CCNc1ccc(/C=C/c2nc3ccccc3o2)cc1. The molecule has 0 saturated heterocycles. The number of hydrogen-bond acceptors (Lipinski definition) is 3. The highest BCUT2D eigenvalue weighted by Gasteiger charge is 2.00. The molecule has 0 aliphatic rings. The van der Waals surface area contributed by atoms with Crippen LogP contribution in [-0.4, -0.2) is 11.5 Å². The predicted molar refractivity (Wildman–Crippen MR) is 83.5 cm³/mol. The van der Waals surface area contributed by atoms with Crippen LogP contribution in [-0.2, 0) is 0 Å². The van der Waals surface area contributed by atoms with Crippen molar-refractivity contribution >= 4 is 28.9 Å². The van der Waals surface area contributed by atoms with Crippen LogP contribution in [0.3, 0.4) is 0 Å². The summed E-state index contributed by atoms with van der Waals surface area (Å²) in [5, 5.41) is 3.27. The average Bonchev–Trinajstić information content (AvgIpc) is 2.90. The number of para-hydroxylation sites is 2. The second-order valence-corrected chi connectivity index (χ2v) is 4.51. The molecule has 3 rings (SSSR count). The Morgan fingerprint density at radius 1 is 1.05 bits per heavy atom. The monoisotopic (exact) mass is 264 g/mol. The van der Waals surface area contributed by atoms with E-state index in [4.69, 9.17) is 4.42 Å². The van der Waals surface area contributed by atoms with Gasteiger partial charge in [-0.15, -0.1) is 0 Å². The van der Waals surface area contributed by atoms with Gasteiger partial charge in [-0.1, -0.05) is 24.3 Å². The molecule has 0 fully saturated rings. The molecule has 0 aliphatic carbocycles. The molecule has 0 unspecified atom stereocenters. The van der Waals surface area contributed by atoms with E-state index < -0.39 is 0 Å². The molecule has 1 aromatic heterocycles. The first-order valence-electron chi connectivity index (χ1n) is 6.73. The normalized spacial score (nSPS) is 11.2. The number of hydrogen-bond donors (Lipinski definition) is 1. The lowest BCUT2D eigenvalue weighted by Gasteiger charge is -2.02. The van der Waals surface area contributed by atoms with Gasteiger partial charge in [0.1, 0.15) is 5.52 Å². The summed E-state index contributed by atoms with van der Waals surface area (Å²) in [6.07, 6.45) is 3.89. The van der Waals surface area contributed by atoms with Crippen molar-refractivity contribution in [3.05, 3.63) is 60.0 Å². The lowest BCUT2D eigenvalue weighted by Crippen LogP contribution is -1.95. The van der Waals surface area contributed by atoms with Crippen LogP contribution in [0.15, 0.2) is 52.9 Å². The lowest BCUT2D eigenvalue weighted by atomic mass is 10.2. The molecule has 20 heavy (non-hydrogen) atoms. The Bertz CT molecular complexity index is 693. The van der Waals surface area contributed by atoms with Gasteiger partial charge in [-0.05, 0) is 42.8 Å². The summed E-state index contributed by atoms with van der Waals surface area (Å²) >= 11 is 0. The zero-order chi connectivity index (χ0) is 13.8. The van der Waals surface area contributed by atoms with Gasteiger partial charge in [0.2, 0.25) is 5.89 Å². The predicted octanol–water partition coefficient (Wildman–Crippen LogP) is 4.43. The van der Waals surface area contributed by atoms with Crippen molar-refractivity contribution in [3.8, 4) is 0 Å². The summed E-state index contributed by atoms with van der Waals surface area (Å²) in [5.74, 6) is 0.627. The molecule has 0 aliphatic heterocycles. The molecule has 0 radical (unpaired) electrons. The van der Waals surface area contributed by atoms with E-state index >= 15 is 0 Å². The zero-order valence-electron chi connectivity index (χ0n) is 11.3. The molecular weight excluding hydrogens is 248 g/mol. The summed E-state index contributed by atoms with van der Waals surface area (Å²) in [6.45, 7) is 3.01. The Balaban J connectivity index is 1.79. The fourth-order valence-electron chi connectivity index (χ4n) is 2.05. The number of nitrogens with one attached hydrogen (secondary N) is 1. The zero-order valence-corrected chi connectivity index (χ0v) is 11.3. The lowest BCUT2D eigenvalue weighted by molar-refractivity contribution is 0.590. The van der Waals surface area contributed by atoms with Gasteiger partial charge in [0, 0.05) is 18.3 Å². The molecule has 2 aromatic carbocycles. The summed E-state index contributed by atoms with van der Waals surface area (Å²) in [7, 11) is 0. The highest BCUT2D eigenvalue weighted by molar-refractivity contribution is 5.76. The molecule has 0 amide bonds. The minimum Gasteiger partial charge on any atom is -0.437 e. The number of nitrogens with zero attached hydrogens (tertiary/aromatic N) is 1. The van der Waals surface area contributed by atoms with Crippen molar-refractivity contribution in [2.45, 2.75) is 6.92 Å². The largest absolute Gasteiger partial charge is 0.437 e. The summed E-state index contributed by atoms with van der Waals surface area (Å²) in [5.41, 5.74) is 3.95. The third kappa shape index (κ3) is 2.72. The molecule has 1 N–H and O–H groups in total. The van der Waals surface area contributed by atoms with Crippen LogP contribution in [0.25, 0.3) is 23.3 Å². The molecule has 100 valence electrons. The van der Waals surface area contributed by atoms with E-state index in [1.165, 1.54) is 0 Å². The Hall–Kier alpha value is -2.55. The first kappa shape index (κ1) is 12.5.